The van der Waals surface area contributed by atoms with E-state index in [-0.39, 0.29) is 11.4 Å². The molecule has 0 amide bonds. The lowest BCUT2D eigenvalue weighted by molar-refractivity contribution is 0.585. The first-order chi connectivity index (χ1) is 10.1. The number of anilines is 1. The molecule has 2 aromatic heterocycles. The van der Waals surface area contributed by atoms with Gasteiger partial charge in [0, 0.05) is 10.9 Å². The Morgan fingerprint density at radius 1 is 1.24 bits per heavy atom. The standard InChI is InChI=1S/C14H12F2N4S/c1-2-8-6-10-13(20-17)18-12(19-14(10)21-8)9-4-3-7(15)5-11(9)16/h3-6H,2,17H2,1H3,(H,18,19,20). The fourth-order valence-corrected chi connectivity index (χ4v) is 3.01. The summed E-state index contributed by atoms with van der Waals surface area (Å²) in [4.78, 5) is 10.4. The molecule has 108 valence electrons. The van der Waals surface area contributed by atoms with Crippen LogP contribution in [0.1, 0.15) is 11.8 Å². The molecule has 7 heteroatoms. The number of nitrogens with zero attached hydrogens (tertiary/aromatic N) is 2. The average molecular weight is 306 g/mol. The number of thiophene rings is 1. The number of nitrogens with one attached hydrogen (secondary N) is 1. The first kappa shape index (κ1) is 13.8. The van der Waals surface area contributed by atoms with Crippen molar-refractivity contribution < 1.29 is 8.78 Å². The lowest BCUT2D eigenvalue weighted by Gasteiger charge is -2.06. The molecule has 3 N–H and O–H groups in total. The summed E-state index contributed by atoms with van der Waals surface area (Å²) in [6.45, 7) is 2.04. The molecular weight excluding hydrogens is 294 g/mol. The molecule has 0 aliphatic rings. The number of hydrazine groups is 1. The number of rotatable bonds is 3. The van der Waals surface area contributed by atoms with Gasteiger partial charge in [0.2, 0.25) is 0 Å². The predicted octanol–water partition coefficient (Wildman–Crippen LogP) is 3.48. The normalized spacial score (nSPS) is 11.0. The van der Waals surface area contributed by atoms with Gasteiger partial charge in [0.15, 0.2) is 11.6 Å². The molecule has 0 aliphatic heterocycles. The van der Waals surface area contributed by atoms with Crippen molar-refractivity contribution in [3.8, 4) is 11.4 Å². The number of aromatic nitrogens is 2. The first-order valence-electron chi connectivity index (χ1n) is 6.35. The number of aryl methyl sites for hydroxylation is 1. The zero-order chi connectivity index (χ0) is 15.0. The van der Waals surface area contributed by atoms with E-state index in [4.69, 9.17) is 5.84 Å². The first-order valence-corrected chi connectivity index (χ1v) is 7.16. The SMILES string of the molecule is CCc1cc2c(NN)nc(-c3ccc(F)cc3F)nc2s1. The quantitative estimate of drug-likeness (QED) is 0.574. The summed E-state index contributed by atoms with van der Waals surface area (Å²) < 4.78 is 26.9. The molecular formula is C14H12F2N4S. The summed E-state index contributed by atoms with van der Waals surface area (Å²) in [5.41, 5.74) is 2.65. The van der Waals surface area contributed by atoms with Gasteiger partial charge in [-0.15, -0.1) is 11.3 Å². The lowest BCUT2D eigenvalue weighted by Crippen LogP contribution is -2.10. The van der Waals surface area contributed by atoms with E-state index >= 15 is 0 Å². The van der Waals surface area contributed by atoms with E-state index in [1.54, 1.807) is 0 Å². The highest BCUT2D eigenvalue weighted by atomic mass is 32.1. The third-order valence-corrected chi connectivity index (χ3v) is 4.27. The van der Waals surface area contributed by atoms with Crippen LogP contribution in [-0.2, 0) is 6.42 Å². The molecule has 2 heterocycles. The molecule has 0 aliphatic carbocycles. The van der Waals surface area contributed by atoms with Crippen molar-refractivity contribution in [1.29, 1.82) is 0 Å². The fraction of sp³-hybridized carbons (Fsp3) is 0.143. The van der Waals surface area contributed by atoms with Crippen LogP contribution in [0.4, 0.5) is 14.6 Å². The van der Waals surface area contributed by atoms with Gasteiger partial charge < -0.3 is 5.43 Å². The van der Waals surface area contributed by atoms with E-state index in [0.717, 1.165) is 22.8 Å². The monoisotopic (exact) mass is 306 g/mol. The molecule has 4 nitrogen and oxygen atoms in total. The van der Waals surface area contributed by atoms with Gasteiger partial charge in [-0.2, -0.15) is 0 Å². The van der Waals surface area contributed by atoms with E-state index in [0.29, 0.717) is 10.6 Å². The summed E-state index contributed by atoms with van der Waals surface area (Å²) in [5, 5.41) is 0.797. The van der Waals surface area contributed by atoms with Crippen LogP contribution in [0.3, 0.4) is 0 Å². The highest BCUT2D eigenvalue weighted by Gasteiger charge is 2.15. The van der Waals surface area contributed by atoms with Gasteiger partial charge in [-0.05, 0) is 24.6 Å². The second-order valence-electron chi connectivity index (χ2n) is 4.45. The number of fused-ring (bicyclic) bond motifs is 1. The Morgan fingerprint density at radius 3 is 2.71 bits per heavy atom. The third kappa shape index (κ3) is 2.45. The minimum atomic E-state index is -0.704. The Hall–Kier alpha value is -2.12. The maximum absolute atomic E-state index is 13.9. The molecule has 0 atom stereocenters. The van der Waals surface area contributed by atoms with E-state index < -0.39 is 11.6 Å². The van der Waals surface area contributed by atoms with Gasteiger partial charge in [0.25, 0.3) is 0 Å². The van der Waals surface area contributed by atoms with Crippen molar-refractivity contribution >= 4 is 27.4 Å². The van der Waals surface area contributed by atoms with E-state index in [9.17, 15) is 8.78 Å². The average Bonchev–Trinajstić information content (AvgIpc) is 2.89. The summed E-state index contributed by atoms with van der Waals surface area (Å²) in [5.74, 6) is 4.75. The summed E-state index contributed by atoms with van der Waals surface area (Å²) in [6, 6.07) is 5.26. The van der Waals surface area contributed by atoms with Gasteiger partial charge in [-0.25, -0.2) is 24.6 Å². The van der Waals surface area contributed by atoms with Crippen LogP contribution < -0.4 is 11.3 Å². The van der Waals surface area contributed by atoms with Gasteiger partial charge in [0.05, 0.1) is 10.9 Å². The summed E-state index contributed by atoms with van der Waals surface area (Å²) >= 11 is 1.50. The Morgan fingerprint density at radius 2 is 2.05 bits per heavy atom. The van der Waals surface area contributed by atoms with Crippen LogP contribution in [0.25, 0.3) is 21.6 Å². The maximum Gasteiger partial charge on any atom is 0.166 e. The van der Waals surface area contributed by atoms with E-state index in [2.05, 4.69) is 15.4 Å². The number of nitrogen functional groups attached to an aromatic ring is 1. The molecule has 0 bridgehead atoms. The third-order valence-electron chi connectivity index (χ3n) is 3.10. The number of hydrogen-bond donors (Lipinski definition) is 2. The molecule has 0 fully saturated rings. The Labute approximate surface area is 123 Å². The smallest absolute Gasteiger partial charge is 0.166 e. The number of benzene rings is 1. The second-order valence-corrected chi connectivity index (χ2v) is 5.56. The van der Waals surface area contributed by atoms with Crippen molar-refractivity contribution in [3.63, 3.8) is 0 Å². The number of hydrogen-bond acceptors (Lipinski definition) is 5. The van der Waals surface area contributed by atoms with Gasteiger partial charge in [-0.1, -0.05) is 6.92 Å². The topological polar surface area (TPSA) is 63.8 Å². The molecule has 0 spiro atoms. The molecule has 21 heavy (non-hydrogen) atoms. The van der Waals surface area contributed by atoms with Crippen molar-refractivity contribution in [1.82, 2.24) is 9.97 Å². The molecule has 0 radical (unpaired) electrons. The molecule has 1 aromatic carbocycles. The Kier molecular flexibility index (Phi) is 3.52. The predicted molar refractivity (Wildman–Crippen MR) is 80.0 cm³/mol. The molecule has 0 unspecified atom stereocenters. The van der Waals surface area contributed by atoms with Gasteiger partial charge in [0.1, 0.15) is 16.5 Å². The van der Waals surface area contributed by atoms with Crippen LogP contribution in [0.5, 0.6) is 0 Å². The molecule has 0 saturated carbocycles. The lowest BCUT2D eigenvalue weighted by atomic mass is 10.2. The zero-order valence-electron chi connectivity index (χ0n) is 11.2. The van der Waals surface area contributed by atoms with Gasteiger partial charge in [-0.3, -0.25) is 0 Å². The zero-order valence-corrected chi connectivity index (χ0v) is 12.0. The van der Waals surface area contributed by atoms with Gasteiger partial charge >= 0.3 is 0 Å². The van der Waals surface area contributed by atoms with Crippen LogP contribution in [-0.4, -0.2) is 9.97 Å². The van der Waals surface area contributed by atoms with Crippen LogP contribution in [0.2, 0.25) is 0 Å². The van der Waals surface area contributed by atoms with Crippen LogP contribution >= 0.6 is 11.3 Å². The van der Waals surface area contributed by atoms with Crippen molar-refractivity contribution in [3.05, 3.63) is 40.8 Å². The fourth-order valence-electron chi connectivity index (χ4n) is 2.05. The largest absolute Gasteiger partial charge is 0.308 e. The highest BCUT2D eigenvalue weighted by molar-refractivity contribution is 7.18. The molecule has 0 saturated heterocycles. The number of nitrogens with two attached hydrogens (primary N) is 1. The minimum Gasteiger partial charge on any atom is -0.308 e. The Balaban J connectivity index is 2.23. The van der Waals surface area contributed by atoms with Crippen LogP contribution in [0, 0.1) is 11.6 Å². The van der Waals surface area contributed by atoms with Crippen molar-refractivity contribution in [2.24, 2.45) is 5.84 Å². The van der Waals surface area contributed by atoms with Crippen molar-refractivity contribution in [2.75, 3.05) is 5.43 Å². The maximum atomic E-state index is 13.9. The highest BCUT2D eigenvalue weighted by Crippen LogP contribution is 2.32. The van der Waals surface area contributed by atoms with Crippen LogP contribution in [0.15, 0.2) is 24.3 Å². The Bertz CT molecular complexity index is 816. The molecule has 3 rings (SSSR count). The number of halogens is 2. The van der Waals surface area contributed by atoms with Crippen molar-refractivity contribution in [2.45, 2.75) is 13.3 Å². The van der Waals surface area contributed by atoms with E-state index in [1.807, 2.05) is 13.0 Å². The second kappa shape index (κ2) is 5.34. The molecule has 3 aromatic rings. The van der Waals surface area contributed by atoms with E-state index in [1.165, 1.54) is 23.5 Å². The minimum absolute atomic E-state index is 0.140. The summed E-state index contributed by atoms with van der Waals surface area (Å²) in [7, 11) is 0. The summed E-state index contributed by atoms with van der Waals surface area (Å²) in [6.07, 6.45) is 0.866.